The maximum Gasteiger partial charge on any atom is 0.225 e. The Bertz CT molecular complexity index is 1100. The first-order valence-electron chi connectivity index (χ1n) is 12.2. The van der Waals surface area contributed by atoms with Crippen molar-refractivity contribution in [1.29, 1.82) is 0 Å². The van der Waals surface area contributed by atoms with Crippen LogP contribution >= 0.6 is 11.3 Å². The number of methoxy groups -OCH3 is 1. The maximum atomic E-state index is 13.0. The second kappa shape index (κ2) is 9.71. The van der Waals surface area contributed by atoms with Crippen LogP contribution in [0, 0.1) is 12.8 Å². The maximum absolute atomic E-state index is 13.0. The fraction of sp³-hybridized carbons (Fsp3) is 0.560. The second-order valence-electron chi connectivity index (χ2n) is 9.33. The zero-order valence-corrected chi connectivity index (χ0v) is 20.4. The molecule has 1 aliphatic heterocycles. The molecule has 1 atom stereocenters. The molecule has 1 aromatic carbocycles. The number of aromatic nitrogens is 3. The van der Waals surface area contributed by atoms with Crippen molar-refractivity contribution in [2.75, 3.05) is 25.1 Å². The summed E-state index contributed by atoms with van der Waals surface area (Å²) in [6, 6.07) is 8.23. The highest BCUT2D eigenvalue weighted by atomic mass is 32.1. The van der Waals surface area contributed by atoms with E-state index >= 15 is 0 Å². The van der Waals surface area contributed by atoms with Gasteiger partial charge in [0.15, 0.2) is 10.8 Å². The largest absolute Gasteiger partial charge is 0.497 e. The minimum atomic E-state index is 0.0354. The smallest absolute Gasteiger partial charge is 0.225 e. The molecular weight excluding hydrogens is 434 g/mol. The Morgan fingerprint density at radius 1 is 1.09 bits per heavy atom. The number of hydrogen-bond donors (Lipinski definition) is 1. The lowest BCUT2D eigenvalue weighted by molar-refractivity contribution is -0.126. The van der Waals surface area contributed by atoms with Crippen molar-refractivity contribution in [3.05, 3.63) is 30.0 Å². The first-order chi connectivity index (χ1) is 16.1. The Hall–Kier alpha value is -2.61. The highest BCUT2D eigenvalue weighted by Crippen LogP contribution is 2.34. The Kier molecular flexibility index (Phi) is 6.53. The summed E-state index contributed by atoms with van der Waals surface area (Å²) < 4.78 is 8.29. The van der Waals surface area contributed by atoms with E-state index in [1.165, 1.54) is 25.7 Å². The lowest BCUT2D eigenvalue weighted by atomic mass is 9.96. The van der Waals surface area contributed by atoms with Gasteiger partial charge in [-0.25, -0.2) is 4.68 Å². The normalized spacial score (nSPS) is 20.1. The molecule has 2 aromatic heterocycles. The van der Waals surface area contributed by atoms with Crippen molar-refractivity contribution < 1.29 is 9.53 Å². The number of amides is 1. The predicted octanol–water partition coefficient (Wildman–Crippen LogP) is 4.85. The molecule has 3 heterocycles. The number of ether oxygens (including phenoxy) is 1. The van der Waals surface area contributed by atoms with Crippen LogP contribution in [0.2, 0.25) is 0 Å². The first kappa shape index (κ1) is 22.2. The molecule has 3 aromatic rings. The summed E-state index contributed by atoms with van der Waals surface area (Å²) in [5, 5.41) is 9.07. The molecule has 0 radical (unpaired) electrons. The number of nitrogens with zero attached hydrogens (tertiary/aromatic N) is 4. The first-order valence-corrected chi connectivity index (χ1v) is 13.0. The summed E-state index contributed by atoms with van der Waals surface area (Å²) in [7, 11) is 1.67. The molecule has 0 spiro atoms. The SMILES string of the molecule is COc1ccc(-n2nc(C)c3sc(N4CCC[C@@H](C(=O)NC5CCCCCC5)C4)nc32)cc1. The average molecular weight is 468 g/mol. The Labute approximate surface area is 199 Å². The van der Waals surface area contributed by atoms with E-state index < -0.39 is 0 Å². The van der Waals surface area contributed by atoms with Crippen LogP contribution in [-0.4, -0.2) is 46.9 Å². The molecule has 1 saturated carbocycles. The fourth-order valence-electron chi connectivity index (χ4n) is 5.07. The van der Waals surface area contributed by atoms with Crippen LogP contribution in [-0.2, 0) is 4.79 Å². The molecule has 8 heteroatoms. The van der Waals surface area contributed by atoms with E-state index in [0.717, 1.165) is 71.4 Å². The fourth-order valence-corrected chi connectivity index (χ4v) is 6.09. The van der Waals surface area contributed by atoms with Gasteiger partial charge in [-0.3, -0.25) is 4.79 Å². The van der Waals surface area contributed by atoms with Crippen LogP contribution < -0.4 is 15.0 Å². The molecule has 1 saturated heterocycles. The summed E-state index contributed by atoms with van der Waals surface area (Å²) in [5.41, 5.74) is 2.82. The second-order valence-corrected chi connectivity index (χ2v) is 10.3. The van der Waals surface area contributed by atoms with Gasteiger partial charge >= 0.3 is 0 Å². The van der Waals surface area contributed by atoms with Crippen molar-refractivity contribution in [3.63, 3.8) is 0 Å². The quantitative estimate of drug-likeness (QED) is 0.543. The summed E-state index contributed by atoms with van der Waals surface area (Å²) in [6.45, 7) is 3.71. The van der Waals surface area contributed by atoms with Gasteiger partial charge in [-0.05, 0) is 56.9 Å². The highest BCUT2D eigenvalue weighted by Gasteiger charge is 2.29. The molecule has 7 nitrogen and oxygen atoms in total. The number of benzene rings is 1. The van der Waals surface area contributed by atoms with Crippen molar-refractivity contribution in [2.45, 2.75) is 64.3 Å². The number of piperidine rings is 1. The number of carbonyl (C=O) groups is 1. The van der Waals surface area contributed by atoms with E-state index in [0.29, 0.717) is 6.04 Å². The summed E-state index contributed by atoms with van der Waals surface area (Å²) in [5.74, 6) is 1.08. The van der Waals surface area contributed by atoms with Crippen LogP contribution in [0.5, 0.6) is 5.75 Å². The topological polar surface area (TPSA) is 72.3 Å². The third-order valence-corrected chi connectivity index (χ3v) is 8.17. The van der Waals surface area contributed by atoms with Crippen LogP contribution in [0.4, 0.5) is 5.13 Å². The number of thiazole rings is 1. The number of aryl methyl sites for hydroxylation is 1. The number of hydrogen-bond acceptors (Lipinski definition) is 6. The van der Waals surface area contributed by atoms with Gasteiger partial charge in [0.1, 0.15) is 5.75 Å². The van der Waals surface area contributed by atoms with Crippen LogP contribution in [0.15, 0.2) is 24.3 Å². The van der Waals surface area contributed by atoms with Gasteiger partial charge in [-0.2, -0.15) is 10.1 Å². The molecule has 1 amide bonds. The molecule has 1 aliphatic carbocycles. The van der Waals surface area contributed by atoms with E-state index in [-0.39, 0.29) is 11.8 Å². The van der Waals surface area contributed by atoms with E-state index in [9.17, 15) is 4.79 Å². The lowest BCUT2D eigenvalue weighted by Gasteiger charge is -2.32. The van der Waals surface area contributed by atoms with Gasteiger partial charge < -0.3 is 15.0 Å². The van der Waals surface area contributed by atoms with Crippen LogP contribution in [0.3, 0.4) is 0 Å². The van der Waals surface area contributed by atoms with Crippen molar-refractivity contribution in [1.82, 2.24) is 20.1 Å². The van der Waals surface area contributed by atoms with Crippen molar-refractivity contribution >= 4 is 32.7 Å². The van der Waals surface area contributed by atoms with Gasteiger partial charge in [-0.15, -0.1) is 0 Å². The molecule has 2 fully saturated rings. The third-order valence-electron chi connectivity index (χ3n) is 6.96. The minimum Gasteiger partial charge on any atom is -0.497 e. The molecule has 2 aliphatic rings. The van der Waals surface area contributed by atoms with Gasteiger partial charge in [0.05, 0.1) is 29.1 Å². The van der Waals surface area contributed by atoms with Gasteiger partial charge in [0.2, 0.25) is 5.91 Å². The van der Waals surface area contributed by atoms with E-state index in [2.05, 4.69) is 10.2 Å². The third kappa shape index (κ3) is 4.71. The van der Waals surface area contributed by atoms with Gasteiger partial charge in [0, 0.05) is 19.1 Å². The standard InChI is InChI=1S/C25H33N5O2S/c1-17-22-23(30(28-17)20-11-13-21(32-2)14-12-20)27-25(33-22)29-15-7-8-18(16-29)24(31)26-19-9-5-3-4-6-10-19/h11-14,18-19H,3-10,15-16H2,1-2H3,(H,26,31)/t18-/m1/s1. The summed E-state index contributed by atoms with van der Waals surface area (Å²) >= 11 is 1.68. The average Bonchev–Trinajstić information content (AvgIpc) is 3.30. The van der Waals surface area contributed by atoms with Gasteiger partial charge in [-0.1, -0.05) is 37.0 Å². The minimum absolute atomic E-state index is 0.0354. The molecule has 33 heavy (non-hydrogen) atoms. The van der Waals surface area contributed by atoms with Crippen molar-refractivity contribution in [3.8, 4) is 11.4 Å². The number of anilines is 1. The molecule has 5 rings (SSSR count). The van der Waals surface area contributed by atoms with E-state index in [1.807, 2.05) is 35.9 Å². The number of nitrogens with one attached hydrogen (secondary N) is 1. The van der Waals surface area contributed by atoms with Crippen molar-refractivity contribution in [2.24, 2.45) is 5.92 Å². The van der Waals surface area contributed by atoms with E-state index in [1.54, 1.807) is 18.4 Å². The summed E-state index contributed by atoms with van der Waals surface area (Å²) in [6.07, 6.45) is 9.29. The molecule has 176 valence electrons. The van der Waals surface area contributed by atoms with Crippen LogP contribution in [0.1, 0.15) is 57.1 Å². The zero-order chi connectivity index (χ0) is 22.8. The highest BCUT2D eigenvalue weighted by molar-refractivity contribution is 7.22. The Morgan fingerprint density at radius 2 is 1.85 bits per heavy atom. The van der Waals surface area contributed by atoms with E-state index in [4.69, 9.17) is 14.8 Å². The monoisotopic (exact) mass is 467 g/mol. The Balaban J connectivity index is 1.32. The van der Waals surface area contributed by atoms with Gasteiger partial charge in [0.25, 0.3) is 0 Å². The Morgan fingerprint density at radius 3 is 2.58 bits per heavy atom. The van der Waals surface area contributed by atoms with Crippen LogP contribution in [0.25, 0.3) is 16.0 Å². The lowest BCUT2D eigenvalue weighted by Crippen LogP contribution is -2.46. The molecule has 0 unspecified atom stereocenters. The number of rotatable bonds is 5. The number of fused-ring (bicyclic) bond motifs is 1. The molecule has 1 N–H and O–H groups in total. The zero-order valence-electron chi connectivity index (χ0n) is 19.5. The number of carbonyl (C=O) groups excluding carboxylic acids is 1. The molecular formula is C25H33N5O2S. The molecule has 0 bridgehead atoms. The predicted molar refractivity (Wildman–Crippen MR) is 133 cm³/mol. The summed E-state index contributed by atoms with van der Waals surface area (Å²) in [4.78, 5) is 20.3.